The normalized spacial score (nSPS) is 10.9. The molecule has 1 aromatic heterocycles. The molecule has 0 radical (unpaired) electrons. The lowest BCUT2D eigenvalue weighted by atomic mass is 10.3. The Balaban J connectivity index is 2.01. The van der Waals surface area contributed by atoms with Gasteiger partial charge in [-0.25, -0.2) is 0 Å². The molecular weight excluding hydrogens is 212 g/mol. The molecule has 0 aliphatic heterocycles. The fourth-order valence-corrected chi connectivity index (χ4v) is 1.72. The highest BCUT2D eigenvalue weighted by Gasteiger charge is 1.96. The summed E-state index contributed by atoms with van der Waals surface area (Å²) in [7, 11) is 0. The molecule has 0 spiro atoms. The number of aromatic nitrogens is 1. The van der Waals surface area contributed by atoms with Gasteiger partial charge in [0.25, 0.3) is 0 Å². The summed E-state index contributed by atoms with van der Waals surface area (Å²) in [5.41, 5.74) is 1.35. The Labute approximate surface area is 105 Å². The monoisotopic (exact) mass is 238 g/mol. The van der Waals surface area contributed by atoms with Gasteiger partial charge in [-0.15, -0.1) is 0 Å². The second-order valence-corrected chi connectivity index (χ2v) is 4.40. The zero-order chi connectivity index (χ0) is 12.3. The molecule has 0 saturated heterocycles. The smallest absolute Gasteiger partial charge is 0.0591 e. The molecule has 0 aromatic carbocycles. The fourth-order valence-electron chi connectivity index (χ4n) is 1.72. The minimum Gasteiger partial charge on any atom is -0.380 e. The highest BCUT2D eigenvalue weighted by Crippen LogP contribution is 2.01. The van der Waals surface area contributed by atoms with Crippen molar-refractivity contribution in [3.8, 4) is 0 Å². The Hall–Kier alpha value is -0.800. The van der Waals surface area contributed by atoms with Crippen molar-refractivity contribution in [3.63, 3.8) is 0 Å². The summed E-state index contributed by atoms with van der Waals surface area (Å²) in [4.78, 5) is 0. The molecule has 17 heavy (non-hydrogen) atoms. The quantitative estimate of drug-likeness (QED) is 0.634. The summed E-state index contributed by atoms with van der Waals surface area (Å²) in [6.07, 6.45) is 7.93. The average Bonchev–Trinajstić information content (AvgIpc) is 2.76. The number of hydrogen-bond acceptors (Lipinski definition) is 2. The van der Waals surface area contributed by atoms with Crippen LogP contribution in [-0.4, -0.2) is 24.3 Å². The molecule has 0 atom stereocenters. The second-order valence-electron chi connectivity index (χ2n) is 4.40. The van der Waals surface area contributed by atoms with Crippen LogP contribution >= 0.6 is 0 Å². The molecule has 1 rings (SSSR count). The van der Waals surface area contributed by atoms with E-state index in [0.29, 0.717) is 0 Å². The number of nitrogens with zero attached hydrogens (tertiary/aromatic N) is 1. The molecule has 1 heterocycles. The van der Waals surface area contributed by atoms with E-state index in [1.165, 1.54) is 24.8 Å². The number of ether oxygens (including phenoxy) is 1. The summed E-state index contributed by atoms with van der Waals surface area (Å²) in [6.45, 7) is 9.07. The second kappa shape index (κ2) is 9.25. The first-order valence-corrected chi connectivity index (χ1v) is 6.80. The lowest BCUT2D eigenvalue weighted by Gasteiger charge is -2.04. The van der Waals surface area contributed by atoms with E-state index in [-0.39, 0.29) is 0 Å². The maximum absolute atomic E-state index is 5.49. The van der Waals surface area contributed by atoms with Crippen LogP contribution < -0.4 is 5.32 Å². The zero-order valence-corrected chi connectivity index (χ0v) is 11.2. The van der Waals surface area contributed by atoms with Crippen molar-refractivity contribution in [1.82, 2.24) is 9.88 Å². The SMILES string of the molecule is CCCCOCCNCc1ccn(CCC)c1. The van der Waals surface area contributed by atoms with Crippen LogP contribution in [0.2, 0.25) is 0 Å². The van der Waals surface area contributed by atoms with Gasteiger partial charge in [0.05, 0.1) is 6.61 Å². The van der Waals surface area contributed by atoms with Gasteiger partial charge in [-0.05, 0) is 24.5 Å². The highest BCUT2D eigenvalue weighted by atomic mass is 16.5. The maximum atomic E-state index is 5.49. The summed E-state index contributed by atoms with van der Waals surface area (Å²) in [5, 5.41) is 3.40. The lowest BCUT2D eigenvalue weighted by Crippen LogP contribution is -2.19. The van der Waals surface area contributed by atoms with Gasteiger partial charge in [0.15, 0.2) is 0 Å². The Morgan fingerprint density at radius 2 is 2.12 bits per heavy atom. The molecule has 0 saturated carbocycles. The minimum atomic E-state index is 0.815. The van der Waals surface area contributed by atoms with Gasteiger partial charge in [0.1, 0.15) is 0 Å². The third-order valence-electron chi connectivity index (χ3n) is 2.69. The van der Waals surface area contributed by atoms with Crippen molar-refractivity contribution in [1.29, 1.82) is 0 Å². The largest absolute Gasteiger partial charge is 0.380 e. The van der Waals surface area contributed by atoms with E-state index < -0.39 is 0 Å². The van der Waals surface area contributed by atoms with Crippen LogP contribution in [0.5, 0.6) is 0 Å². The Bertz CT molecular complexity index is 284. The maximum Gasteiger partial charge on any atom is 0.0591 e. The highest BCUT2D eigenvalue weighted by molar-refractivity contribution is 5.09. The fraction of sp³-hybridized carbons (Fsp3) is 0.714. The van der Waals surface area contributed by atoms with Crippen molar-refractivity contribution in [3.05, 3.63) is 24.0 Å². The van der Waals surface area contributed by atoms with Crippen LogP contribution in [0.4, 0.5) is 0 Å². The number of rotatable bonds is 10. The van der Waals surface area contributed by atoms with E-state index in [1.54, 1.807) is 0 Å². The van der Waals surface area contributed by atoms with Crippen LogP contribution in [0.15, 0.2) is 18.5 Å². The van der Waals surface area contributed by atoms with Gasteiger partial charge in [0.2, 0.25) is 0 Å². The van der Waals surface area contributed by atoms with Crippen LogP contribution in [0.25, 0.3) is 0 Å². The first-order chi connectivity index (χ1) is 8.36. The lowest BCUT2D eigenvalue weighted by molar-refractivity contribution is 0.133. The van der Waals surface area contributed by atoms with E-state index in [9.17, 15) is 0 Å². The van der Waals surface area contributed by atoms with E-state index in [2.05, 4.69) is 42.2 Å². The van der Waals surface area contributed by atoms with Gasteiger partial charge >= 0.3 is 0 Å². The van der Waals surface area contributed by atoms with Crippen molar-refractivity contribution in [2.75, 3.05) is 19.8 Å². The standard InChI is InChI=1S/C14H26N2O/c1-3-5-10-17-11-7-15-12-14-6-9-16(13-14)8-4-2/h6,9,13,15H,3-5,7-8,10-12H2,1-2H3. The molecule has 98 valence electrons. The zero-order valence-electron chi connectivity index (χ0n) is 11.2. The summed E-state index contributed by atoms with van der Waals surface area (Å²) in [5.74, 6) is 0. The minimum absolute atomic E-state index is 0.815. The molecule has 0 unspecified atom stereocenters. The molecular formula is C14H26N2O. The van der Waals surface area contributed by atoms with Crippen LogP contribution in [0, 0.1) is 0 Å². The predicted molar refractivity (Wildman–Crippen MR) is 72.2 cm³/mol. The molecule has 0 bridgehead atoms. The van der Waals surface area contributed by atoms with Gasteiger partial charge in [-0.3, -0.25) is 0 Å². The molecule has 1 aromatic rings. The summed E-state index contributed by atoms with van der Waals surface area (Å²) in [6, 6.07) is 2.18. The number of unbranched alkanes of at least 4 members (excludes halogenated alkanes) is 1. The summed E-state index contributed by atoms with van der Waals surface area (Å²) >= 11 is 0. The Kier molecular flexibility index (Phi) is 7.76. The molecule has 0 aliphatic carbocycles. The predicted octanol–water partition coefficient (Wildman–Crippen LogP) is 2.80. The first-order valence-electron chi connectivity index (χ1n) is 6.80. The van der Waals surface area contributed by atoms with Gasteiger partial charge < -0.3 is 14.6 Å². The number of hydrogen-bond donors (Lipinski definition) is 1. The molecule has 0 aliphatic rings. The van der Waals surface area contributed by atoms with Crippen molar-refractivity contribution >= 4 is 0 Å². The topological polar surface area (TPSA) is 26.2 Å². The van der Waals surface area contributed by atoms with Crippen LogP contribution in [0.3, 0.4) is 0 Å². The first kappa shape index (κ1) is 14.3. The van der Waals surface area contributed by atoms with Crippen molar-refractivity contribution in [2.45, 2.75) is 46.2 Å². The third kappa shape index (κ3) is 6.49. The number of aryl methyl sites for hydroxylation is 1. The third-order valence-corrected chi connectivity index (χ3v) is 2.69. The number of nitrogens with one attached hydrogen (secondary N) is 1. The van der Waals surface area contributed by atoms with Crippen LogP contribution in [0.1, 0.15) is 38.7 Å². The van der Waals surface area contributed by atoms with E-state index in [4.69, 9.17) is 4.74 Å². The molecule has 0 fully saturated rings. The van der Waals surface area contributed by atoms with Gasteiger partial charge in [0, 0.05) is 38.6 Å². The summed E-state index contributed by atoms with van der Waals surface area (Å²) < 4.78 is 7.73. The van der Waals surface area contributed by atoms with E-state index in [1.807, 2.05) is 0 Å². The molecule has 3 nitrogen and oxygen atoms in total. The van der Waals surface area contributed by atoms with Gasteiger partial charge in [-0.1, -0.05) is 20.3 Å². The average molecular weight is 238 g/mol. The van der Waals surface area contributed by atoms with Crippen LogP contribution in [-0.2, 0) is 17.8 Å². The van der Waals surface area contributed by atoms with Crippen molar-refractivity contribution < 1.29 is 4.74 Å². The Morgan fingerprint density at radius 1 is 1.24 bits per heavy atom. The Morgan fingerprint density at radius 3 is 2.88 bits per heavy atom. The van der Waals surface area contributed by atoms with E-state index >= 15 is 0 Å². The molecule has 3 heteroatoms. The molecule has 0 amide bonds. The van der Waals surface area contributed by atoms with Crippen molar-refractivity contribution in [2.24, 2.45) is 0 Å². The van der Waals surface area contributed by atoms with E-state index in [0.717, 1.165) is 32.8 Å². The molecule has 1 N–H and O–H groups in total. The van der Waals surface area contributed by atoms with Gasteiger partial charge in [-0.2, -0.15) is 0 Å².